The zero-order valence-electron chi connectivity index (χ0n) is 18.8. The molecular formula is C24H25N5O5. The molecule has 0 aromatic heterocycles. The number of pyridine rings is 1. The number of piperazine rings is 1. The number of benzene rings is 1. The highest BCUT2D eigenvalue weighted by Crippen LogP contribution is 2.38. The zero-order chi connectivity index (χ0) is 24.4. The topological polar surface area (TPSA) is 138 Å². The maximum absolute atomic E-state index is 13.2. The Morgan fingerprint density at radius 1 is 1.09 bits per heavy atom. The number of H-pyrrole nitrogens is 1. The van der Waals surface area contributed by atoms with Gasteiger partial charge in [-0.05, 0) is 25.1 Å². The van der Waals surface area contributed by atoms with Crippen molar-refractivity contribution < 1.29 is 23.9 Å². The number of aromatic amines is 1. The first-order valence-corrected chi connectivity index (χ1v) is 10.8. The lowest BCUT2D eigenvalue weighted by Gasteiger charge is -2.39. The summed E-state index contributed by atoms with van der Waals surface area (Å²) < 4.78 is 5.35. The van der Waals surface area contributed by atoms with Crippen molar-refractivity contribution in [2.75, 3.05) is 26.7 Å². The Morgan fingerprint density at radius 2 is 1.82 bits per heavy atom. The fourth-order valence-electron chi connectivity index (χ4n) is 4.30. The average molecular weight is 463 g/mol. The number of methoxy groups -OCH3 is 1. The molecule has 3 amide bonds. The van der Waals surface area contributed by atoms with Gasteiger partial charge in [0.15, 0.2) is 0 Å². The Bertz CT molecular complexity index is 1220. The molecule has 4 rings (SSSR count). The molecule has 1 aromatic rings. The van der Waals surface area contributed by atoms with Gasteiger partial charge in [0.2, 0.25) is 0 Å². The first-order valence-electron chi connectivity index (χ1n) is 10.8. The van der Waals surface area contributed by atoms with Crippen molar-refractivity contribution in [3.05, 3.63) is 65.5 Å². The number of nitrogens with zero attached hydrogens (tertiary/aromatic N) is 2. The second-order valence-corrected chi connectivity index (χ2v) is 8.04. The van der Waals surface area contributed by atoms with Gasteiger partial charge in [0.05, 0.1) is 7.11 Å². The Hall–Kier alpha value is -4.18. The Labute approximate surface area is 196 Å². The van der Waals surface area contributed by atoms with Crippen LogP contribution >= 0.6 is 0 Å². The summed E-state index contributed by atoms with van der Waals surface area (Å²) in [7, 11) is 1.43. The predicted octanol–water partition coefficient (Wildman–Crippen LogP) is 1.29. The number of carbonyl (C=O) groups is 4. The van der Waals surface area contributed by atoms with Crippen LogP contribution in [0, 0.1) is 0 Å². The number of fused-ring (bicyclic) bond motifs is 1. The fraction of sp³-hybridized carbons (Fsp3) is 0.250. The molecule has 176 valence electrons. The van der Waals surface area contributed by atoms with Gasteiger partial charge in [-0.15, -0.1) is 0 Å². The van der Waals surface area contributed by atoms with Crippen molar-refractivity contribution in [3.63, 3.8) is 0 Å². The molecule has 2 heterocycles. The van der Waals surface area contributed by atoms with E-state index < -0.39 is 17.6 Å². The SMILES string of the molecule is COc1c[nH]c(C(=O)NN)c2ccc(C(=O)C(=O)N3CCN(C(=O)c4ccccc4)[C@H](C)C3)c1-2. The predicted molar refractivity (Wildman–Crippen MR) is 123 cm³/mol. The van der Waals surface area contributed by atoms with Gasteiger partial charge in [0.1, 0.15) is 11.4 Å². The molecule has 0 bridgehead atoms. The molecule has 2 aliphatic heterocycles. The van der Waals surface area contributed by atoms with E-state index >= 15 is 0 Å². The molecule has 1 aromatic carbocycles. The minimum absolute atomic E-state index is 0.111. The molecular weight excluding hydrogens is 438 g/mol. The van der Waals surface area contributed by atoms with Gasteiger partial charge >= 0.3 is 0 Å². The molecule has 0 unspecified atom stereocenters. The number of nitrogens with one attached hydrogen (secondary N) is 2. The molecule has 3 aliphatic rings. The van der Waals surface area contributed by atoms with Gasteiger partial charge in [0.25, 0.3) is 23.5 Å². The molecule has 1 fully saturated rings. The number of ketones is 1. The zero-order valence-corrected chi connectivity index (χ0v) is 18.8. The van der Waals surface area contributed by atoms with Crippen molar-refractivity contribution in [2.45, 2.75) is 13.0 Å². The second kappa shape index (κ2) is 9.36. The molecule has 10 heteroatoms. The Morgan fingerprint density at radius 3 is 2.47 bits per heavy atom. The summed E-state index contributed by atoms with van der Waals surface area (Å²) in [6.45, 7) is 2.62. The number of rotatable bonds is 5. The number of carbonyl (C=O) groups excluding carboxylic acids is 4. The minimum atomic E-state index is -0.714. The van der Waals surface area contributed by atoms with Crippen LogP contribution in [0.5, 0.6) is 5.75 Å². The molecule has 0 spiro atoms. The number of hydrogen-bond donors (Lipinski definition) is 3. The summed E-state index contributed by atoms with van der Waals surface area (Å²) in [5.41, 5.74) is 3.66. The third kappa shape index (κ3) is 3.99. The normalized spacial score (nSPS) is 15.8. The average Bonchev–Trinajstić information content (AvgIpc) is 3.32. The van der Waals surface area contributed by atoms with E-state index in [0.29, 0.717) is 29.0 Å². The van der Waals surface area contributed by atoms with Gasteiger partial charge in [-0.1, -0.05) is 24.3 Å². The molecule has 34 heavy (non-hydrogen) atoms. The molecule has 4 N–H and O–H groups in total. The van der Waals surface area contributed by atoms with E-state index in [9.17, 15) is 19.2 Å². The van der Waals surface area contributed by atoms with Crippen LogP contribution in [-0.2, 0) is 4.79 Å². The Kier molecular flexibility index (Phi) is 6.33. The summed E-state index contributed by atoms with van der Waals surface area (Å²) in [5.74, 6) is 3.50. The number of Topliss-reactive ketones (excluding diaryl/α,β-unsaturated/α-hetero) is 1. The number of nitrogens with two attached hydrogens (primary N) is 1. The van der Waals surface area contributed by atoms with Crippen molar-refractivity contribution in [1.29, 1.82) is 0 Å². The van der Waals surface area contributed by atoms with Gasteiger partial charge in [-0.3, -0.25) is 24.6 Å². The van der Waals surface area contributed by atoms with E-state index in [1.807, 2.05) is 13.0 Å². The van der Waals surface area contributed by atoms with E-state index in [2.05, 4.69) is 10.4 Å². The largest absolute Gasteiger partial charge is 0.495 e. The number of amides is 3. The summed E-state index contributed by atoms with van der Waals surface area (Å²) >= 11 is 0. The van der Waals surface area contributed by atoms with Crippen molar-refractivity contribution in [2.24, 2.45) is 5.84 Å². The summed E-state index contributed by atoms with van der Waals surface area (Å²) in [6.07, 6.45) is 1.43. The highest BCUT2D eigenvalue weighted by molar-refractivity contribution is 6.44. The summed E-state index contributed by atoms with van der Waals surface area (Å²) in [5, 5.41) is 0. The van der Waals surface area contributed by atoms with Crippen molar-refractivity contribution in [3.8, 4) is 16.9 Å². The van der Waals surface area contributed by atoms with E-state index in [-0.39, 0.29) is 36.3 Å². The third-order valence-electron chi connectivity index (χ3n) is 6.03. The highest BCUT2D eigenvalue weighted by atomic mass is 16.5. The van der Waals surface area contributed by atoms with Crippen LogP contribution < -0.4 is 16.0 Å². The smallest absolute Gasteiger partial charge is 0.295 e. The van der Waals surface area contributed by atoms with E-state index in [4.69, 9.17) is 10.6 Å². The van der Waals surface area contributed by atoms with Crippen molar-refractivity contribution >= 4 is 23.5 Å². The molecule has 1 aliphatic carbocycles. The number of ether oxygens (including phenoxy) is 1. The standard InChI is InChI=1S/C24H25N5O5/c1-14-13-28(10-11-29(14)23(32)15-6-4-3-5-7-15)24(33)21(30)17-9-8-16-19(17)18(34-2)12-26-20(16)22(31)27-25/h3-9,12,14,26H,10-11,13,25H2,1-2H3,(H,27,31)/t14-/m1/s1. The maximum Gasteiger partial charge on any atom is 0.295 e. The highest BCUT2D eigenvalue weighted by Gasteiger charge is 2.35. The minimum Gasteiger partial charge on any atom is -0.495 e. The Balaban J connectivity index is 1.54. The molecule has 1 saturated heterocycles. The van der Waals surface area contributed by atoms with Crippen molar-refractivity contribution in [1.82, 2.24) is 20.2 Å². The quantitative estimate of drug-likeness (QED) is 0.171. The third-order valence-corrected chi connectivity index (χ3v) is 6.03. The van der Waals surface area contributed by atoms with Gasteiger partial charge in [0, 0.05) is 54.1 Å². The number of aromatic nitrogens is 1. The van der Waals surface area contributed by atoms with Gasteiger partial charge in [-0.25, -0.2) is 5.84 Å². The van der Waals surface area contributed by atoms with E-state index in [1.54, 1.807) is 35.2 Å². The van der Waals surface area contributed by atoms with Crippen LogP contribution in [0.25, 0.3) is 11.1 Å². The summed E-state index contributed by atoms with van der Waals surface area (Å²) in [6, 6.07) is 11.7. The van der Waals surface area contributed by atoms with Crippen LogP contribution in [0.3, 0.4) is 0 Å². The molecule has 0 saturated carbocycles. The first kappa shape index (κ1) is 23.0. The van der Waals surface area contributed by atoms with Gasteiger partial charge in [-0.2, -0.15) is 0 Å². The number of hydrogen-bond acceptors (Lipinski definition) is 6. The van der Waals surface area contributed by atoms with Crippen LogP contribution in [0.4, 0.5) is 0 Å². The first-order chi connectivity index (χ1) is 16.4. The lowest BCUT2D eigenvalue weighted by Crippen LogP contribution is -2.56. The molecule has 1 atom stereocenters. The number of hydrazine groups is 1. The summed E-state index contributed by atoms with van der Waals surface area (Å²) in [4.78, 5) is 57.3. The van der Waals surface area contributed by atoms with E-state index in [1.165, 1.54) is 24.3 Å². The van der Waals surface area contributed by atoms with E-state index in [0.717, 1.165) is 0 Å². The fourth-order valence-corrected chi connectivity index (χ4v) is 4.30. The second-order valence-electron chi connectivity index (χ2n) is 8.04. The lowest BCUT2D eigenvalue weighted by atomic mass is 10.0. The van der Waals surface area contributed by atoms with Crippen LogP contribution in [0.1, 0.15) is 38.1 Å². The molecule has 0 radical (unpaired) electrons. The van der Waals surface area contributed by atoms with Crippen LogP contribution in [-0.4, -0.2) is 71.1 Å². The van der Waals surface area contributed by atoms with Crippen LogP contribution in [0.2, 0.25) is 0 Å². The van der Waals surface area contributed by atoms with Gasteiger partial charge < -0.3 is 19.5 Å². The maximum atomic E-state index is 13.2. The lowest BCUT2D eigenvalue weighted by molar-refractivity contribution is -0.128. The number of nitrogen functional groups attached to an aromatic ring is 1. The molecule has 10 nitrogen and oxygen atoms in total. The van der Waals surface area contributed by atoms with Crippen LogP contribution in [0.15, 0.2) is 48.7 Å². The monoisotopic (exact) mass is 463 g/mol.